The molecule has 0 aliphatic carbocycles. The molecule has 0 bridgehead atoms. The topological polar surface area (TPSA) is 65.0 Å². The Morgan fingerprint density at radius 3 is 2.08 bits per heavy atom. The summed E-state index contributed by atoms with van der Waals surface area (Å²) in [5.74, 6) is 3.88. The smallest absolute Gasteiger partial charge is 0.302 e. The minimum absolute atomic E-state index is 0.0605. The van der Waals surface area contributed by atoms with Crippen LogP contribution in [0.1, 0.15) is 128 Å². The van der Waals surface area contributed by atoms with Crippen LogP contribution in [0.15, 0.2) is 0 Å². The molecule has 1 aliphatic rings. The maximum Gasteiger partial charge on any atom is 0.302 e. The predicted molar refractivity (Wildman–Crippen MR) is 161 cm³/mol. The molecule has 1 N–H and O–H groups in total. The number of hydrogen-bond acceptors (Lipinski definition) is 5. The highest BCUT2D eigenvalue weighted by molar-refractivity contribution is 5.65. The van der Waals surface area contributed by atoms with Crippen molar-refractivity contribution in [3.05, 3.63) is 22.3 Å². The van der Waals surface area contributed by atoms with Crippen molar-refractivity contribution in [2.45, 2.75) is 145 Å². The SMILES string of the molecule is CC(=O)OCC(O)COc1c(C)c(C)c2c(c1C)CC[C@@](C)(CCC[C@H](C)CCC[C@H](C)CCCC(C)C)O2. The normalized spacial score (nSPS) is 19.3. The van der Waals surface area contributed by atoms with Crippen LogP contribution in [0.25, 0.3) is 0 Å². The lowest BCUT2D eigenvalue weighted by Gasteiger charge is -2.38. The molecule has 0 spiro atoms. The Balaban J connectivity index is 1.85. The van der Waals surface area contributed by atoms with Gasteiger partial charge in [-0.2, -0.15) is 0 Å². The van der Waals surface area contributed by atoms with Crippen molar-refractivity contribution in [2.75, 3.05) is 13.2 Å². The average Bonchev–Trinajstić information content (AvgIpc) is 2.85. The zero-order valence-electron chi connectivity index (χ0n) is 26.6. The standard InChI is InChI=1S/C34H58O5/c1-23(2)13-10-14-24(3)15-11-16-25(4)17-12-19-34(9)20-18-31-28(7)32(26(5)27(6)33(31)39-34)38-22-30(36)21-37-29(8)35/h23-25,30,36H,10-22H2,1-9H3/t24-,25-,30?,34-/m1/s1. The van der Waals surface area contributed by atoms with Gasteiger partial charge in [-0.15, -0.1) is 0 Å². The van der Waals surface area contributed by atoms with Gasteiger partial charge in [-0.3, -0.25) is 4.79 Å². The number of hydrogen-bond donors (Lipinski definition) is 1. The van der Waals surface area contributed by atoms with Gasteiger partial charge in [0.2, 0.25) is 0 Å². The third-order valence-corrected chi connectivity index (χ3v) is 8.74. The molecule has 5 heteroatoms. The van der Waals surface area contributed by atoms with Crippen molar-refractivity contribution in [2.24, 2.45) is 17.8 Å². The van der Waals surface area contributed by atoms with Crippen LogP contribution in [0.5, 0.6) is 11.5 Å². The van der Waals surface area contributed by atoms with E-state index in [1.165, 1.54) is 63.9 Å². The number of aliphatic hydroxyl groups excluding tert-OH is 1. The Morgan fingerprint density at radius 1 is 0.897 bits per heavy atom. The van der Waals surface area contributed by atoms with E-state index in [1.807, 2.05) is 0 Å². The maximum absolute atomic E-state index is 11.0. The third-order valence-electron chi connectivity index (χ3n) is 8.74. The Morgan fingerprint density at radius 2 is 1.49 bits per heavy atom. The summed E-state index contributed by atoms with van der Waals surface area (Å²) in [5, 5.41) is 10.1. The molecule has 1 unspecified atom stereocenters. The number of carbonyl (C=O) groups is 1. The predicted octanol–water partition coefficient (Wildman–Crippen LogP) is 8.44. The molecule has 1 aromatic carbocycles. The lowest BCUT2D eigenvalue weighted by molar-refractivity contribution is -0.144. The summed E-state index contributed by atoms with van der Waals surface area (Å²) in [6.45, 7) is 19.4. The van der Waals surface area contributed by atoms with Gasteiger partial charge in [0, 0.05) is 12.5 Å². The second-order valence-corrected chi connectivity index (χ2v) is 13.2. The first-order valence-corrected chi connectivity index (χ1v) is 15.6. The second-order valence-electron chi connectivity index (χ2n) is 13.2. The summed E-state index contributed by atoms with van der Waals surface area (Å²) in [7, 11) is 0. The van der Waals surface area contributed by atoms with Gasteiger partial charge in [0.05, 0.1) is 0 Å². The molecule has 0 amide bonds. The van der Waals surface area contributed by atoms with E-state index >= 15 is 0 Å². The van der Waals surface area contributed by atoms with Crippen LogP contribution in [0.4, 0.5) is 0 Å². The van der Waals surface area contributed by atoms with Gasteiger partial charge < -0.3 is 19.3 Å². The minimum Gasteiger partial charge on any atom is -0.490 e. The zero-order chi connectivity index (χ0) is 29.2. The molecule has 4 atom stereocenters. The van der Waals surface area contributed by atoms with Crippen molar-refractivity contribution < 1.29 is 24.1 Å². The fourth-order valence-electron chi connectivity index (χ4n) is 5.92. The molecule has 0 saturated carbocycles. The van der Waals surface area contributed by atoms with E-state index in [0.29, 0.717) is 0 Å². The Bertz CT molecular complexity index is 908. The van der Waals surface area contributed by atoms with Gasteiger partial charge in [0.1, 0.15) is 36.4 Å². The van der Waals surface area contributed by atoms with Crippen molar-refractivity contribution in [3.63, 3.8) is 0 Å². The molecule has 0 saturated heterocycles. The lowest BCUT2D eigenvalue weighted by atomic mass is 9.83. The van der Waals surface area contributed by atoms with Gasteiger partial charge in [-0.05, 0) is 87.8 Å². The molecular formula is C34H58O5. The highest BCUT2D eigenvalue weighted by Gasteiger charge is 2.34. The molecule has 0 fully saturated rings. The highest BCUT2D eigenvalue weighted by atomic mass is 16.5. The van der Waals surface area contributed by atoms with E-state index in [1.54, 1.807) is 0 Å². The first kappa shape index (κ1) is 33.5. The second kappa shape index (κ2) is 15.9. The lowest BCUT2D eigenvalue weighted by Crippen LogP contribution is -2.37. The summed E-state index contributed by atoms with van der Waals surface area (Å²) in [6, 6.07) is 0. The summed E-state index contributed by atoms with van der Waals surface area (Å²) >= 11 is 0. The number of rotatable bonds is 17. The number of benzene rings is 1. The van der Waals surface area contributed by atoms with E-state index < -0.39 is 12.1 Å². The van der Waals surface area contributed by atoms with Crippen LogP contribution in [0.3, 0.4) is 0 Å². The van der Waals surface area contributed by atoms with Crippen LogP contribution in [-0.2, 0) is 16.0 Å². The van der Waals surface area contributed by atoms with Crippen LogP contribution in [-0.4, -0.2) is 36.0 Å². The van der Waals surface area contributed by atoms with Crippen molar-refractivity contribution >= 4 is 5.97 Å². The van der Waals surface area contributed by atoms with Gasteiger partial charge >= 0.3 is 5.97 Å². The molecule has 5 nitrogen and oxygen atoms in total. The van der Waals surface area contributed by atoms with E-state index in [9.17, 15) is 9.90 Å². The molecule has 1 aliphatic heterocycles. The Kier molecular flexibility index (Phi) is 13.6. The number of ether oxygens (including phenoxy) is 3. The van der Waals surface area contributed by atoms with E-state index in [2.05, 4.69) is 55.4 Å². The largest absolute Gasteiger partial charge is 0.490 e. The fraction of sp³-hybridized carbons (Fsp3) is 0.794. The molecule has 39 heavy (non-hydrogen) atoms. The number of carbonyl (C=O) groups excluding carboxylic acids is 1. The van der Waals surface area contributed by atoms with Crippen molar-refractivity contribution in [1.82, 2.24) is 0 Å². The zero-order valence-corrected chi connectivity index (χ0v) is 26.6. The van der Waals surface area contributed by atoms with Crippen LogP contribution >= 0.6 is 0 Å². The third kappa shape index (κ3) is 11.0. The maximum atomic E-state index is 11.0. The Labute approximate surface area is 239 Å². The van der Waals surface area contributed by atoms with E-state index in [0.717, 1.165) is 65.2 Å². The van der Waals surface area contributed by atoms with Gasteiger partial charge in [0.25, 0.3) is 0 Å². The highest BCUT2D eigenvalue weighted by Crippen LogP contribution is 2.45. The summed E-state index contributed by atoms with van der Waals surface area (Å²) in [4.78, 5) is 11.0. The first-order chi connectivity index (χ1) is 18.3. The summed E-state index contributed by atoms with van der Waals surface area (Å²) < 4.78 is 17.7. The first-order valence-electron chi connectivity index (χ1n) is 15.6. The number of fused-ring (bicyclic) bond motifs is 1. The average molecular weight is 547 g/mol. The summed E-state index contributed by atoms with van der Waals surface area (Å²) in [6.07, 6.45) is 12.9. The van der Waals surface area contributed by atoms with Crippen LogP contribution in [0, 0.1) is 38.5 Å². The molecule has 0 aromatic heterocycles. The van der Waals surface area contributed by atoms with E-state index in [-0.39, 0.29) is 18.8 Å². The van der Waals surface area contributed by atoms with Crippen molar-refractivity contribution in [3.8, 4) is 11.5 Å². The number of esters is 1. The molecule has 2 rings (SSSR count). The summed E-state index contributed by atoms with van der Waals surface area (Å²) in [5.41, 5.74) is 4.33. The van der Waals surface area contributed by atoms with E-state index in [4.69, 9.17) is 14.2 Å². The molecular weight excluding hydrogens is 488 g/mol. The monoisotopic (exact) mass is 546 g/mol. The van der Waals surface area contributed by atoms with Gasteiger partial charge in [-0.25, -0.2) is 0 Å². The molecule has 224 valence electrons. The quantitative estimate of drug-likeness (QED) is 0.199. The minimum atomic E-state index is -0.857. The van der Waals surface area contributed by atoms with Crippen LogP contribution in [0.2, 0.25) is 0 Å². The van der Waals surface area contributed by atoms with Crippen molar-refractivity contribution in [1.29, 1.82) is 0 Å². The van der Waals surface area contributed by atoms with Gasteiger partial charge in [0.15, 0.2) is 0 Å². The molecule has 1 heterocycles. The van der Waals surface area contributed by atoms with Crippen LogP contribution < -0.4 is 9.47 Å². The van der Waals surface area contributed by atoms with Gasteiger partial charge in [-0.1, -0.05) is 72.6 Å². The molecule has 0 radical (unpaired) electrons. The molecule has 1 aromatic rings. The fourth-order valence-corrected chi connectivity index (χ4v) is 5.92. The Hall–Kier alpha value is -1.75. The number of aliphatic hydroxyl groups is 1.